The van der Waals surface area contributed by atoms with Gasteiger partial charge in [-0.15, -0.1) is 0 Å². The third-order valence-electron chi connectivity index (χ3n) is 7.84. The Labute approximate surface area is 210 Å². The smallest absolute Gasteiger partial charge is 0.254 e. The van der Waals surface area contributed by atoms with E-state index in [-0.39, 0.29) is 24.3 Å². The minimum absolute atomic E-state index is 0.0330. The Balaban J connectivity index is 1.47. The number of ether oxygens (including phenoxy) is 1. The molecule has 3 heterocycles. The maximum absolute atomic E-state index is 14.1. The highest BCUT2D eigenvalue weighted by atomic mass is 16.5. The number of aromatic amines is 1. The number of fused-ring (bicyclic) bond motifs is 5. The monoisotopic (exact) mass is 479 g/mol. The summed E-state index contributed by atoms with van der Waals surface area (Å²) in [6.45, 7) is 2.91. The first-order chi connectivity index (χ1) is 17.5. The van der Waals surface area contributed by atoms with Crippen molar-refractivity contribution in [2.75, 3.05) is 26.7 Å². The second kappa shape index (κ2) is 8.55. The van der Waals surface area contributed by atoms with Crippen molar-refractivity contribution in [2.45, 2.75) is 24.8 Å². The molecule has 36 heavy (non-hydrogen) atoms. The Hall–Kier alpha value is -4.06. The minimum atomic E-state index is -1.10. The van der Waals surface area contributed by atoms with Crippen LogP contribution >= 0.6 is 0 Å². The number of benzene rings is 3. The predicted octanol–water partition coefficient (Wildman–Crippen LogP) is 4.45. The molecule has 6 rings (SSSR count). The van der Waals surface area contributed by atoms with Gasteiger partial charge >= 0.3 is 0 Å². The zero-order chi connectivity index (χ0) is 24.9. The number of methoxy groups -OCH3 is 1. The Bertz CT molecular complexity index is 1460. The topological polar surface area (TPSA) is 65.6 Å². The lowest BCUT2D eigenvalue weighted by Crippen LogP contribution is -2.67. The summed E-state index contributed by atoms with van der Waals surface area (Å²) < 4.78 is 5.71. The van der Waals surface area contributed by atoms with E-state index >= 15 is 0 Å². The lowest BCUT2D eigenvalue weighted by molar-refractivity contribution is -0.166. The molecule has 0 saturated carbocycles. The van der Waals surface area contributed by atoms with Gasteiger partial charge in [0.2, 0.25) is 5.91 Å². The first-order valence-corrected chi connectivity index (χ1v) is 12.4. The molecule has 4 aromatic rings. The SMILES string of the molecule is COc1ccccc1[C@@H]1CN2C(=O)CN(CCc3ccccc3)C(=O)[C@]2(C)c2[nH]c3ccccc3c21. The van der Waals surface area contributed by atoms with Gasteiger partial charge in [0.15, 0.2) is 5.54 Å². The fourth-order valence-electron chi connectivity index (χ4n) is 6.00. The van der Waals surface area contributed by atoms with Crippen LogP contribution in [0, 0.1) is 0 Å². The first kappa shape index (κ1) is 22.4. The molecule has 1 aromatic heterocycles. The summed E-state index contributed by atoms with van der Waals surface area (Å²) in [6, 6.07) is 26.2. The number of nitrogens with one attached hydrogen (secondary N) is 1. The van der Waals surface area contributed by atoms with E-state index < -0.39 is 5.54 Å². The number of rotatable bonds is 5. The first-order valence-electron chi connectivity index (χ1n) is 12.4. The van der Waals surface area contributed by atoms with Gasteiger partial charge in [0, 0.05) is 35.5 Å². The average Bonchev–Trinajstić information content (AvgIpc) is 3.31. The summed E-state index contributed by atoms with van der Waals surface area (Å²) in [7, 11) is 1.67. The zero-order valence-electron chi connectivity index (χ0n) is 20.5. The van der Waals surface area contributed by atoms with E-state index in [9.17, 15) is 9.59 Å². The van der Waals surface area contributed by atoms with E-state index in [0.29, 0.717) is 19.5 Å². The number of nitrogens with zero attached hydrogens (tertiary/aromatic N) is 2. The zero-order valence-corrected chi connectivity index (χ0v) is 20.5. The van der Waals surface area contributed by atoms with Crippen molar-refractivity contribution in [1.82, 2.24) is 14.8 Å². The van der Waals surface area contributed by atoms with Crippen LogP contribution in [-0.2, 0) is 21.5 Å². The molecule has 0 aliphatic carbocycles. The molecule has 2 amide bonds. The predicted molar refractivity (Wildman–Crippen MR) is 139 cm³/mol. The molecule has 2 aliphatic heterocycles. The van der Waals surface area contributed by atoms with Gasteiger partial charge in [-0.05, 0) is 36.6 Å². The molecule has 0 unspecified atom stereocenters. The number of amides is 2. The maximum Gasteiger partial charge on any atom is 0.254 e. The molecule has 2 atom stereocenters. The molecule has 3 aromatic carbocycles. The summed E-state index contributed by atoms with van der Waals surface area (Å²) in [5.41, 5.74) is 3.90. The Kier molecular flexibility index (Phi) is 5.32. The molecule has 1 fully saturated rings. The fourth-order valence-corrected chi connectivity index (χ4v) is 6.00. The summed E-state index contributed by atoms with van der Waals surface area (Å²) in [5.74, 6) is 0.592. The number of para-hydroxylation sites is 2. The summed E-state index contributed by atoms with van der Waals surface area (Å²) >= 11 is 0. The van der Waals surface area contributed by atoms with Gasteiger partial charge in [0.1, 0.15) is 5.75 Å². The molecule has 1 saturated heterocycles. The number of H-pyrrole nitrogens is 1. The largest absolute Gasteiger partial charge is 0.496 e. The molecule has 0 spiro atoms. The van der Waals surface area contributed by atoms with E-state index in [1.165, 1.54) is 0 Å². The van der Waals surface area contributed by atoms with Crippen LogP contribution in [0.25, 0.3) is 10.9 Å². The highest BCUT2D eigenvalue weighted by Crippen LogP contribution is 2.49. The highest BCUT2D eigenvalue weighted by Gasteiger charge is 2.56. The van der Waals surface area contributed by atoms with Crippen molar-refractivity contribution in [1.29, 1.82) is 0 Å². The second-order valence-electron chi connectivity index (χ2n) is 9.79. The molecule has 182 valence electrons. The molecular weight excluding hydrogens is 450 g/mol. The van der Waals surface area contributed by atoms with E-state index in [2.05, 4.69) is 29.2 Å². The molecule has 0 radical (unpaired) electrons. The van der Waals surface area contributed by atoms with Gasteiger partial charge in [0.25, 0.3) is 5.91 Å². The Morgan fingerprint density at radius 1 is 0.972 bits per heavy atom. The highest BCUT2D eigenvalue weighted by molar-refractivity contribution is 6.01. The normalized spacial score (nSPS) is 21.4. The van der Waals surface area contributed by atoms with E-state index in [0.717, 1.165) is 39.0 Å². The molecule has 6 nitrogen and oxygen atoms in total. The molecule has 0 bridgehead atoms. The van der Waals surface area contributed by atoms with Crippen molar-refractivity contribution < 1.29 is 14.3 Å². The van der Waals surface area contributed by atoms with Crippen molar-refractivity contribution in [2.24, 2.45) is 0 Å². The van der Waals surface area contributed by atoms with E-state index in [1.54, 1.807) is 16.9 Å². The quantitative estimate of drug-likeness (QED) is 0.460. The lowest BCUT2D eigenvalue weighted by atomic mass is 9.76. The average molecular weight is 480 g/mol. The van der Waals surface area contributed by atoms with Crippen molar-refractivity contribution in [3.05, 3.63) is 101 Å². The van der Waals surface area contributed by atoms with E-state index in [1.807, 2.05) is 61.5 Å². The molecule has 2 aliphatic rings. The van der Waals surface area contributed by atoms with Gasteiger partial charge in [-0.3, -0.25) is 9.59 Å². The number of carbonyl (C=O) groups excluding carboxylic acids is 2. The number of carbonyl (C=O) groups is 2. The number of aromatic nitrogens is 1. The molecule has 1 N–H and O–H groups in total. The number of hydrogen-bond acceptors (Lipinski definition) is 3. The molecule has 6 heteroatoms. The van der Waals surface area contributed by atoms with Crippen molar-refractivity contribution >= 4 is 22.7 Å². The fraction of sp³-hybridized carbons (Fsp3) is 0.267. The Morgan fingerprint density at radius 2 is 1.69 bits per heavy atom. The lowest BCUT2D eigenvalue weighted by Gasteiger charge is -2.51. The van der Waals surface area contributed by atoms with Crippen LogP contribution in [0.15, 0.2) is 78.9 Å². The van der Waals surface area contributed by atoms with Crippen LogP contribution in [0.3, 0.4) is 0 Å². The van der Waals surface area contributed by atoms with Crippen LogP contribution in [0.4, 0.5) is 0 Å². The third kappa shape index (κ3) is 3.32. The Morgan fingerprint density at radius 3 is 2.50 bits per heavy atom. The van der Waals surface area contributed by atoms with Crippen LogP contribution in [0.5, 0.6) is 5.75 Å². The maximum atomic E-state index is 14.1. The van der Waals surface area contributed by atoms with Gasteiger partial charge in [-0.25, -0.2) is 0 Å². The van der Waals surface area contributed by atoms with E-state index in [4.69, 9.17) is 4.74 Å². The van der Waals surface area contributed by atoms with Gasteiger partial charge in [-0.1, -0.05) is 66.7 Å². The summed E-state index contributed by atoms with van der Waals surface area (Å²) in [4.78, 5) is 34.8. The second-order valence-corrected chi connectivity index (χ2v) is 9.79. The van der Waals surface area contributed by atoms with Crippen LogP contribution in [-0.4, -0.2) is 53.3 Å². The standard InChI is InChI=1S/C30H29N3O3/c1-30-28-27(22-13-6-8-14-24(22)31-28)23(21-12-7-9-15-25(21)36-2)18-33(30)26(34)19-32(29(30)35)17-16-20-10-4-3-5-11-20/h3-15,23,31H,16-19H2,1-2H3/t23-,30-/m0/s1. The summed E-state index contributed by atoms with van der Waals surface area (Å²) in [6.07, 6.45) is 0.708. The number of piperazine rings is 1. The summed E-state index contributed by atoms with van der Waals surface area (Å²) in [5, 5.41) is 1.07. The van der Waals surface area contributed by atoms with Gasteiger partial charge in [0.05, 0.1) is 19.3 Å². The van der Waals surface area contributed by atoms with Crippen molar-refractivity contribution in [3.8, 4) is 5.75 Å². The van der Waals surface area contributed by atoms with Crippen LogP contribution in [0.2, 0.25) is 0 Å². The van der Waals surface area contributed by atoms with Gasteiger partial charge < -0.3 is 19.5 Å². The van der Waals surface area contributed by atoms with Crippen LogP contribution in [0.1, 0.15) is 35.2 Å². The van der Waals surface area contributed by atoms with Gasteiger partial charge in [-0.2, -0.15) is 0 Å². The third-order valence-corrected chi connectivity index (χ3v) is 7.84. The van der Waals surface area contributed by atoms with Crippen molar-refractivity contribution in [3.63, 3.8) is 0 Å². The molecular formula is C30H29N3O3. The number of hydrogen-bond donors (Lipinski definition) is 1. The minimum Gasteiger partial charge on any atom is -0.496 e. The van der Waals surface area contributed by atoms with Crippen LogP contribution < -0.4 is 4.74 Å².